The lowest BCUT2D eigenvalue weighted by molar-refractivity contribution is 0.0949. The summed E-state index contributed by atoms with van der Waals surface area (Å²) in [7, 11) is 1.62. The van der Waals surface area contributed by atoms with Gasteiger partial charge in [0.1, 0.15) is 29.4 Å². The summed E-state index contributed by atoms with van der Waals surface area (Å²) >= 11 is 0. The van der Waals surface area contributed by atoms with Crippen molar-refractivity contribution >= 4 is 11.7 Å². The molecule has 144 valence electrons. The second kappa shape index (κ2) is 9.45. The number of anilines is 1. The van der Waals surface area contributed by atoms with Gasteiger partial charge in [-0.05, 0) is 35.7 Å². The van der Waals surface area contributed by atoms with Crippen LogP contribution in [0.5, 0.6) is 5.75 Å². The maximum Gasteiger partial charge on any atom is 0.270 e. The van der Waals surface area contributed by atoms with E-state index in [1.54, 1.807) is 31.4 Å². The van der Waals surface area contributed by atoms with Gasteiger partial charge in [-0.15, -0.1) is 0 Å². The fourth-order valence-corrected chi connectivity index (χ4v) is 2.62. The van der Waals surface area contributed by atoms with Gasteiger partial charge in [0.15, 0.2) is 0 Å². The number of hydrogen-bond donors (Lipinski definition) is 2. The molecule has 0 unspecified atom stereocenters. The highest BCUT2D eigenvalue weighted by atomic mass is 19.1. The highest BCUT2D eigenvalue weighted by Crippen LogP contribution is 2.13. The first-order valence-electron chi connectivity index (χ1n) is 8.86. The number of rotatable bonds is 8. The number of carbonyl (C=O) groups excluding carboxylic acids is 1. The van der Waals surface area contributed by atoms with Crippen molar-refractivity contribution in [2.45, 2.75) is 13.0 Å². The minimum Gasteiger partial charge on any atom is -0.497 e. The fraction of sp³-hybridized carbons (Fsp3) is 0.190. The van der Waals surface area contributed by atoms with E-state index in [2.05, 4.69) is 20.6 Å². The number of hydrogen-bond acceptors (Lipinski definition) is 5. The lowest BCUT2D eigenvalue weighted by Gasteiger charge is -2.09. The van der Waals surface area contributed by atoms with Crippen molar-refractivity contribution in [3.8, 4) is 5.75 Å². The van der Waals surface area contributed by atoms with E-state index in [1.165, 1.54) is 12.4 Å². The van der Waals surface area contributed by atoms with Crippen LogP contribution in [0.1, 0.15) is 21.6 Å². The largest absolute Gasteiger partial charge is 0.497 e. The molecule has 7 heteroatoms. The average Bonchev–Trinajstić information content (AvgIpc) is 2.74. The Labute approximate surface area is 162 Å². The number of ether oxygens (including phenoxy) is 1. The predicted octanol–water partition coefficient (Wildman–Crippen LogP) is 3.21. The number of amides is 1. The zero-order chi connectivity index (χ0) is 19.8. The van der Waals surface area contributed by atoms with Crippen molar-refractivity contribution in [1.29, 1.82) is 0 Å². The van der Waals surface area contributed by atoms with Crippen molar-refractivity contribution in [1.82, 2.24) is 15.3 Å². The minimum absolute atomic E-state index is 0.251. The van der Waals surface area contributed by atoms with E-state index in [-0.39, 0.29) is 17.4 Å². The van der Waals surface area contributed by atoms with Gasteiger partial charge in [-0.1, -0.05) is 30.3 Å². The van der Waals surface area contributed by atoms with Crippen molar-refractivity contribution in [3.63, 3.8) is 0 Å². The van der Waals surface area contributed by atoms with Crippen LogP contribution in [0, 0.1) is 5.82 Å². The molecule has 0 aliphatic rings. The van der Waals surface area contributed by atoms with Gasteiger partial charge in [-0.25, -0.2) is 14.4 Å². The standard InChI is InChI=1S/C21H21FN4O2/c1-28-17-8-6-15(7-9-17)13-24-20-12-19(25-14-26-20)21(27)23-11-10-16-4-2-3-5-18(16)22/h2-9,12,14H,10-11,13H2,1H3,(H,23,27)(H,24,25,26). The highest BCUT2D eigenvalue weighted by molar-refractivity contribution is 5.92. The molecular formula is C21H21FN4O2. The van der Waals surface area contributed by atoms with Crippen LogP contribution in [-0.4, -0.2) is 29.5 Å². The summed E-state index contributed by atoms with van der Waals surface area (Å²) < 4.78 is 18.7. The predicted molar refractivity (Wildman–Crippen MR) is 105 cm³/mol. The van der Waals surface area contributed by atoms with E-state index in [0.717, 1.165) is 11.3 Å². The van der Waals surface area contributed by atoms with E-state index in [1.807, 2.05) is 24.3 Å². The van der Waals surface area contributed by atoms with Gasteiger partial charge in [-0.2, -0.15) is 0 Å². The number of halogens is 1. The Hall–Kier alpha value is -3.48. The Bertz CT molecular complexity index is 932. The van der Waals surface area contributed by atoms with Crippen molar-refractivity contribution in [2.75, 3.05) is 19.0 Å². The molecule has 1 heterocycles. The van der Waals surface area contributed by atoms with E-state index in [9.17, 15) is 9.18 Å². The highest BCUT2D eigenvalue weighted by Gasteiger charge is 2.09. The Balaban J connectivity index is 1.53. The van der Waals surface area contributed by atoms with Crippen LogP contribution in [0.4, 0.5) is 10.2 Å². The van der Waals surface area contributed by atoms with Gasteiger partial charge in [-0.3, -0.25) is 4.79 Å². The number of nitrogens with zero attached hydrogens (tertiary/aromatic N) is 2. The molecule has 1 aromatic heterocycles. The Morgan fingerprint density at radius 2 is 1.89 bits per heavy atom. The Morgan fingerprint density at radius 1 is 1.11 bits per heavy atom. The number of benzene rings is 2. The quantitative estimate of drug-likeness (QED) is 0.628. The molecule has 0 aliphatic heterocycles. The first kappa shape index (κ1) is 19.3. The molecule has 0 saturated heterocycles. The molecule has 28 heavy (non-hydrogen) atoms. The van der Waals surface area contributed by atoms with Gasteiger partial charge < -0.3 is 15.4 Å². The molecule has 0 bridgehead atoms. The van der Waals surface area contributed by atoms with Gasteiger partial charge in [0.05, 0.1) is 7.11 Å². The Morgan fingerprint density at radius 3 is 2.64 bits per heavy atom. The lowest BCUT2D eigenvalue weighted by atomic mass is 10.1. The summed E-state index contributed by atoms with van der Waals surface area (Å²) in [4.78, 5) is 20.4. The van der Waals surface area contributed by atoms with Crippen LogP contribution in [0.15, 0.2) is 60.9 Å². The molecule has 2 N–H and O–H groups in total. The number of aromatic nitrogens is 2. The summed E-state index contributed by atoms with van der Waals surface area (Å²) in [5.74, 6) is 0.736. The van der Waals surface area contributed by atoms with Gasteiger partial charge in [0.25, 0.3) is 5.91 Å². The summed E-state index contributed by atoms with van der Waals surface area (Å²) in [6.07, 6.45) is 1.74. The van der Waals surface area contributed by atoms with Crippen LogP contribution in [0.2, 0.25) is 0 Å². The number of nitrogens with one attached hydrogen (secondary N) is 2. The molecule has 0 radical (unpaired) electrons. The van der Waals surface area contributed by atoms with E-state index in [4.69, 9.17) is 4.74 Å². The molecule has 0 atom stereocenters. The second-order valence-corrected chi connectivity index (χ2v) is 6.09. The summed E-state index contributed by atoms with van der Waals surface area (Å²) in [6.45, 7) is 0.869. The topological polar surface area (TPSA) is 76.1 Å². The Kier molecular flexibility index (Phi) is 6.51. The van der Waals surface area contributed by atoms with Gasteiger partial charge in [0, 0.05) is 19.2 Å². The van der Waals surface area contributed by atoms with Crippen molar-refractivity contribution < 1.29 is 13.9 Å². The molecule has 0 fully saturated rings. The second-order valence-electron chi connectivity index (χ2n) is 6.09. The maximum absolute atomic E-state index is 13.6. The SMILES string of the molecule is COc1ccc(CNc2cc(C(=O)NCCc3ccccc3F)ncn2)cc1. The van der Waals surface area contributed by atoms with Crippen molar-refractivity contribution in [3.05, 3.63) is 83.6 Å². The zero-order valence-corrected chi connectivity index (χ0v) is 15.5. The summed E-state index contributed by atoms with van der Waals surface area (Å²) in [5.41, 5.74) is 1.86. The van der Waals surface area contributed by atoms with Crippen LogP contribution in [0.25, 0.3) is 0 Å². The van der Waals surface area contributed by atoms with Crippen LogP contribution >= 0.6 is 0 Å². The molecular weight excluding hydrogens is 359 g/mol. The molecule has 6 nitrogen and oxygen atoms in total. The summed E-state index contributed by atoms with van der Waals surface area (Å²) in [5, 5.41) is 5.91. The average molecular weight is 380 g/mol. The fourth-order valence-electron chi connectivity index (χ4n) is 2.62. The molecule has 3 rings (SSSR count). The third kappa shape index (κ3) is 5.26. The van der Waals surface area contributed by atoms with Gasteiger partial charge >= 0.3 is 0 Å². The smallest absolute Gasteiger partial charge is 0.270 e. The number of methoxy groups -OCH3 is 1. The first-order chi connectivity index (χ1) is 13.7. The van der Waals surface area contributed by atoms with Crippen LogP contribution in [0.3, 0.4) is 0 Å². The van der Waals surface area contributed by atoms with Crippen LogP contribution < -0.4 is 15.4 Å². The molecule has 0 spiro atoms. The normalized spacial score (nSPS) is 10.4. The third-order valence-corrected chi connectivity index (χ3v) is 4.17. The van der Waals surface area contributed by atoms with E-state index >= 15 is 0 Å². The van der Waals surface area contributed by atoms with Crippen LogP contribution in [-0.2, 0) is 13.0 Å². The van der Waals surface area contributed by atoms with E-state index in [0.29, 0.717) is 30.9 Å². The molecule has 3 aromatic rings. The van der Waals surface area contributed by atoms with Crippen molar-refractivity contribution in [2.24, 2.45) is 0 Å². The molecule has 0 saturated carbocycles. The summed E-state index contributed by atoms with van der Waals surface area (Å²) in [6, 6.07) is 15.8. The first-order valence-corrected chi connectivity index (χ1v) is 8.86. The van der Waals surface area contributed by atoms with Gasteiger partial charge in [0.2, 0.25) is 0 Å². The molecule has 1 amide bonds. The molecule has 0 aliphatic carbocycles. The van der Waals surface area contributed by atoms with E-state index < -0.39 is 0 Å². The third-order valence-electron chi connectivity index (χ3n) is 4.17. The monoisotopic (exact) mass is 380 g/mol. The molecule has 2 aromatic carbocycles. The maximum atomic E-state index is 13.6. The minimum atomic E-state index is -0.328. The number of carbonyl (C=O) groups is 1. The zero-order valence-electron chi connectivity index (χ0n) is 15.5. The lowest BCUT2D eigenvalue weighted by Crippen LogP contribution is -2.27.